The second kappa shape index (κ2) is 15.0. The van der Waals surface area contributed by atoms with Crippen molar-refractivity contribution < 1.29 is 30.3 Å². The van der Waals surface area contributed by atoms with Gasteiger partial charge in [-0.3, -0.25) is 0 Å². The van der Waals surface area contributed by atoms with E-state index in [2.05, 4.69) is 6.92 Å². The summed E-state index contributed by atoms with van der Waals surface area (Å²) in [6.45, 7) is 2.27. The van der Waals surface area contributed by atoms with Gasteiger partial charge in [-0.25, -0.2) is 4.79 Å². The Kier molecular flexibility index (Phi) is 12.6. The van der Waals surface area contributed by atoms with Crippen LogP contribution in [0.3, 0.4) is 0 Å². The van der Waals surface area contributed by atoms with Crippen LogP contribution in [0.4, 0.5) is 0 Å². The zero-order chi connectivity index (χ0) is 23.1. The van der Waals surface area contributed by atoms with Crippen LogP contribution in [0.15, 0.2) is 36.4 Å². The first kappa shape index (κ1) is 26.1. The molecule has 0 aromatic heterocycles. The highest BCUT2D eigenvalue weighted by Crippen LogP contribution is 2.35. The monoisotopic (exact) mass is 432 g/mol. The number of phenolic OH excluding ortho intramolecular Hbond substituents is 4. The molecule has 0 spiro atoms. The van der Waals surface area contributed by atoms with Gasteiger partial charge in [-0.1, -0.05) is 82.9 Å². The Morgan fingerprint density at radius 2 is 1.19 bits per heavy atom. The van der Waals surface area contributed by atoms with Crippen LogP contribution < -0.4 is 0 Å². The summed E-state index contributed by atoms with van der Waals surface area (Å²) in [5.41, 5.74) is 0.810. The quantitative estimate of drug-likeness (QED) is 0.197. The Morgan fingerprint density at radius 3 is 1.68 bits per heavy atom. The molecule has 0 aliphatic carbocycles. The zero-order valence-corrected chi connectivity index (χ0v) is 18.4. The molecule has 0 saturated carbocycles. The van der Waals surface area contributed by atoms with Crippen LogP contribution in [0, 0.1) is 0 Å². The van der Waals surface area contributed by atoms with Gasteiger partial charge in [0.15, 0.2) is 17.2 Å². The average Bonchev–Trinajstić information content (AvgIpc) is 2.74. The van der Waals surface area contributed by atoms with Crippen molar-refractivity contribution in [2.45, 2.75) is 77.6 Å². The fourth-order valence-corrected chi connectivity index (χ4v) is 3.25. The Balaban J connectivity index is 0.000000343. The summed E-state index contributed by atoms with van der Waals surface area (Å²) < 4.78 is 0. The van der Waals surface area contributed by atoms with Crippen LogP contribution in [-0.2, 0) is 6.42 Å². The minimum atomic E-state index is -1.29. The molecule has 0 unspecified atom stereocenters. The lowest BCUT2D eigenvalue weighted by molar-refractivity contribution is 0.0696. The van der Waals surface area contributed by atoms with E-state index in [-0.39, 0.29) is 5.56 Å². The van der Waals surface area contributed by atoms with Crippen molar-refractivity contribution >= 4 is 5.97 Å². The maximum absolute atomic E-state index is 10.3. The summed E-state index contributed by atoms with van der Waals surface area (Å²) in [5.74, 6) is -2.88. The van der Waals surface area contributed by atoms with Crippen LogP contribution in [-0.4, -0.2) is 31.5 Å². The molecule has 2 rings (SSSR count). The van der Waals surface area contributed by atoms with Gasteiger partial charge in [0.1, 0.15) is 5.75 Å². The highest BCUT2D eigenvalue weighted by molar-refractivity contribution is 5.89. The molecule has 0 bridgehead atoms. The molecule has 2 aromatic carbocycles. The molecule has 0 aliphatic heterocycles. The summed E-state index contributed by atoms with van der Waals surface area (Å²) in [6.07, 6.45) is 14.6. The van der Waals surface area contributed by atoms with Gasteiger partial charge in [0.2, 0.25) is 0 Å². The molecule has 0 atom stereocenters. The van der Waals surface area contributed by atoms with E-state index in [0.717, 1.165) is 24.1 Å². The van der Waals surface area contributed by atoms with Crippen LogP contribution in [0.5, 0.6) is 23.0 Å². The third-order valence-corrected chi connectivity index (χ3v) is 5.11. The zero-order valence-electron chi connectivity index (χ0n) is 18.4. The molecule has 5 N–H and O–H groups in total. The van der Waals surface area contributed by atoms with Crippen molar-refractivity contribution in [2.24, 2.45) is 0 Å². The first-order valence-corrected chi connectivity index (χ1v) is 11.1. The number of aromatic hydroxyl groups is 4. The molecule has 0 radical (unpaired) electrons. The number of carboxylic acid groups (broad SMARTS) is 1. The van der Waals surface area contributed by atoms with Crippen molar-refractivity contribution in [2.75, 3.05) is 0 Å². The lowest BCUT2D eigenvalue weighted by atomic mass is 10.0. The Labute approximate surface area is 184 Å². The number of hydrogen-bond donors (Lipinski definition) is 5. The van der Waals surface area contributed by atoms with Gasteiger partial charge in [0.05, 0.1) is 5.56 Å². The Bertz CT molecular complexity index is 764. The van der Waals surface area contributed by atoms with Crippen LogP contribution in [0.25, 0.3) is 0 Å². The summed E-state index contributed by atoms with van der Waals surface area (Å²) in [6, 6.07) is 9.40. The smallest absolute Gasteiger partial charge is 0.335 e. The van der Waals surface area contributed by atoms with Crippen LogP contribution in [0.2, 0.25) is 0 Å². The molecule has 6 nitrogen and oxygen atoms in total. The second-order valence-electron chi connectivity index (χ2n) is 7.73. The fraction of sp³-hybridized carbons (Fsp3) is 0.480. The van der Waals surface area contributed by atoms with Gasteiger partial charge in [-0.15, -0.1) is 0 Å². The molecular weight excluding hydrogens is 396 g/mol. The largest absolute Gasteiger partial charge is 0.508 e. The van der Waals surface area contributed by atoms with Crippen LogP contribution >= 0.6 is 0 Å². The second-order valence-corrected chi connectivity index (χ2v) is 7.73. The Morgan fingerprint density at radius 1 is 0.710 bits per heavy atom. The maximum atomic E-state index is 10.3. The summed E-state index contributed by atoms with van der Waals surface area (Å²) >= 11 is 0. The molecule has 172 valence electrons. The van der Waals surface area contributed by atoms with E-state index in [1.165, 1.54) is 64.2 Å². The number of aryl methyl sites for hydroxylation is 1. The standard InChI is InChI=1S/C18H30O.C7H6O5/c1-2-3-4-5-6-7-8-9-10-11-14-17-15-12-13-16-18(17)19;8-4-1-3(7(11)12)2-5(9)6(4)10/h12-13,15-16,19H,2-11,14H2,1H3;1-2,8-10H,(H,11,12). The van der Waals surface area contributed by atoms with Gasteiger partial charge >= 0.3 is 5.97 Å². The fourth-order valence-electron chi connectivity index (χ4n) is 3.25. The van der Waals surface area contributed by atoms with E-state index in [9.17, 15) is 9.90 Å². The predicted octanol–water partition coefficient (Wildman–Crippen LogP) is 6.36. The van der Waals surface area contributed by atoms with Crippen molar-refractivity contribution in [3.63, 3.8) is 0 Å². The van der Waals surface area contributed by atoms with Crippen molar-refractivity contribution in [3.05, 3.63) is 47.5 Å². The van der Waals surface area contributed by atoms with Gasteiger partial charge in [0, 0.05) is 0 Å². The van der Waals surface area contributed by atoms with Crippen molar-refractivity contribution in [3.8, 4) is 23.0 Å². The number of aromatic carboxylic acids is 1. The number of carbonyl (C=O) groups is 1. The van der Waals surface area contributed by atoms with Gasteiger partial charge < -0.3 is 25.5 Å². The van der Waals surface area contributed by atoms with Gasteiger partial charge in [-0.05, 0) is 36.6 Å². The molecule has 6 heteroatoms. The number of rotatable bonds is 12. The number of hydrogen-bond acceptors (Lipinski definition) is 5. The minimum Gasteiger partial charge on any atom is -0.508 e. The van der Waals surface area contributed by atoms with E-state index in [1.54, 1.807) is 6.07 Å². The minimum absolute atomic E-state index is 0.289. The molecule has 2 aromatic rings. The predicted molar refractivity (Wildman–Crippen MR) is 122 cm³/mol. The van der Waals surface area contributed by atoms with Crippen molar-refractivity contribution in [1.82, 2.24) is 0 Å². The molecule has 31 heavy (non-hydrogen) atoms. The summed E-state index contributed by atoms with van der Waals surface area (Å²) in [5, 5.41) is 44.6. The highest BCUT2D eigenvalue weighted by Gasteiger charge is 2.11. The molecule has 0 heterocycles. The number of benzene rings is 2. The molecule has 0 amide bonds. The third-order valence-electron chi connectivity index (χ3n) is 5.11. The van der Waals surface area contributed by atoms with E-state index >= 15 is 0 Å². The molecule has 0 fully saturated rings. The number of para-hydroxylation sites is 1. The highest BCUT2D eigenvalue weighted by atomic mass is 16.4. The first-order chi connectivity index (χ1) is 14.9. The number of carboxylic acids is 1. The molecule has 0 saturated heterocycles. The SMILES string of the molecule is CCCCCCCCCCCCc1ccccc1O.O=C(O)c1cc(O)c(O)c(O)c1. The van der Waals surface area contributed by atoms with Gasteiger partial charge in [-0.2, -0.15) is 0 Å². The molecular formula is C25H36O6. The lowest BCUT2D eigenvalue weighted by Gasteiger charge is -2.04. The lowest BCUT2D eigenvalue weighted by Crippen LogP contribution is -1.95. The van der Waals surface area contributed by atoms with Crippen molar-refractivity contribution in [1.29, 1.82) is 0 Å². The van der Waals surface area contributed by atoms with Crippen LogP contribution in [0.1, 0.15) is 87.1 Å². The maximum Gasteiger partial charge on any atom is 0.335 e. The first-order valence-electron chi connectivity index (χ1n) is 11.1. The average molecular weight is 433 g/mol. The molecule has 0 aliphatic rings. The number of unbranched alkanes of at least 4 members (excludes halogenated alkanes) is 9. The van der Waals surface area contributed by atoms with Gasteiger partial charge in [0.25, 0.3) is 0 Å². The Hall–Kier alpha value is -2.89. The summed E-state index contributed by atoms with van der Waals surface area (Å²) in [7, 11) is 0. The topological polar surface area (TPSA) is 118 Å². The van der Waals surface area contributed by atoms with E-state index in [0.29, 0.717) is 5.75 Å². The number of phenols is 4. The van der Waals surface area contributed by atoms with E-state index in [4.69, 9.17) is 20.4 Å². The third kappa shape index (κ3) is 10.6. The van der Waals surface area contributed by atoms with E-state index in [1.807, 2.05) is 18.2 Å². The normalized spacial score (nSPS) is 10.4. The van der Waals surface area contributed by atoms with E-state index < -0.39 is 23.2 Å². The summed E-state index contributed by atoms with van der Waals surface area (Å²) in [4.78, 5) is 10.3.